The molecule has 0 saturated carbocycles. The summed E-state index contributed by atoms with van der Waals surface area (Å²) in [4.78, 5) is 44.6. The van der Waals surface area contributed by atoms with Gasteiger partial charge in [0, 0.05) is 0 Å². The number of hydrogen-bond donors (Lipinski definition) is 2. The van der Waals surface area contributed by atoms with Gasteiger partial charge in [-0.25, -0.2) is 19.1 Å². The van der Waals surface area contributed by atoms with Crippen LogP contribution < -0.4 is 11.2 Å². The van der Waals surface area contributed by atoms with Crippen molar-refractivity contribution < 1.29 is 24.2 Å². The largest absolute Gasteiger partial charge is 0.480 e. The number of aliphatic hydroxyl groups excluding tert-OH is 1. The average Bonchev–Trinajstić information content (AvgIpc) is 3.49. The number of rotatable bonds is 9. The first-order chi connectivity index (χ1) is 17.1. The molecule has 11 heteroatoms. The zero-order valence-corrected chi connectivity index (χ0v) is 21.1. The van der Waals surface area contributed by atoms with E-state index < -0.39 is 35.0 Å². The van der Waals surface area contributed by atoms with Crippen LogP contribution in [0.5, 0.6) is 0 Å². The number of thiophene rings is 1. The van der Waals surface area contributed by atoms with Crippen molar-refractivity contribution in [2.45, 2.75) is 52.0 Å². The number of carboxylic acids is 1. The lowest BCUT2D eigenvalue weighted by Crippen LogP contribution is -2.52. The van der Waals surface area contributed by atoms with Gasteiger partial charge in [-0.05, 0) is 38.8 Å². The third-order valence-corrected chi connectivity index (χ3v) is 7.40. The molecule has 10 nitrogen and oxygen atoms in total. The molecule has 0 spiro atoms. The van der Waals surface area contributed by atoms with Crippen molar-refractivity contribution in [1.82, 2.24) is 14.1 Å². The van der Waals surface area contributed by atoms with Gasteiger partial charge in [0.15, 0.2) is 0 Å². The van der Waals surface area contributed by atoms with Gasteiger partial charge in [-0.2, -0.15) is 0 Å². The molecular formula is C25H27N3O7S. The van der Waals surface area contributed by atoms with Crippen molar-refractivity contribution >= 4 is 27.5 Å². The number of nitrogens with zero attached hydrogens (tertiary/aromatic N) is 3. The van der Waals surface area contributed by atoms with Crippen LogP contribution in [0.15, 0.2) is 56.8 Å². The Morgan fingerprint density at radius 3 is 2.53 bits per heavy atom. The maximum absolute atomic E-state index is 13.8. The molecule has 0 radical (unpaired) electrons. The van der Waals surface area contributed by atoms with E-state index in [0.717, 1.165) is 10.1 Å². The summed E-state index contributed by atoms with van der Waals surface area (Å²) in [5.74, 6) is -1.03. The van der Waals surface area contributed by atoms with Crippen LogP contribution in [0.1, 0.15) is 38.0 Å². The molecule has 0 aliphatic heterocycles. The van der Waals surface area contributed by atoms with Gasteiger partial charge in [0.05, 0.1) is 35.7 Å². The number of carboxylic acid groups (broad SMARTS) is 1. The van der Waals surface area contributed by atoms with E-state index in [1.54, 1.807) is 13.8 Å². The highest BCUT2D eigenvalue weighted by Crippen LogP contribution is 2.36. The first-order valence-electron chi connectivity index (χ1n) is 11.3. The Bertz CT molecular complexity index is 1500. The Kier molecular flexibility index (Phi) is 6.98. The first-order valence-corrected chi connectivity index (χ1v) is 12.1. The van der Waals surface area contributed by atoms with Gasteiger partial charge in [0.25, 0.3) is 5.56 Å². The number of benzene rings is 1. The van der Waals surface area contributed by atoms with Crippen LogP contribution >= 0.6 is 11.3 Å². The number of ether oxygens (including phenoxy) is 1. The van der Waals surface area contributed by atoms with Crippen LogP contribution in [0.2, 0.25) is 0 Å². The zero-order valence-electron chi connectivity index (χ0n) is 20.3. The quantitative estimate of drug-likeness (QED) is 0.348. The van der Waals surface area contributed by atoms with Crippen molar-refractivity contribution in [3.05, 3.63) is 74.8 Å². The Morgan fingerprint density at radius 2 is 1.94 bits per heavy atom. The molecule has 0 bridgehead atoms. The van der Waals surface area contributed by atoms with E-state index in [4.69, 9.17) is 9.15 Å². The summed E-state index contributed by atoms with van der Waals surface area (Å²) in [5.41, 5.74) is -2.00. The molecule has 0 amide bonds. The molecule has 1 aromatic carbocycles. The number of oxazole rings is 1. The van der Waals surface area contributed by atoms with E-state index in [1.165, 1.54) is 42.2 Å². The number of hydrogen-bond acceptors (Lipinski definition) is 8. The predicted octanol–water partition coefficient (Wildman–Crippen LogP) is 3.15. The SMILES string of the molecule is Cc1c(-c2ncco2)sc2c1c(=O)n(C(C)(C)C(=O)O)c(=O)n2C[C@@H](O[C@H](C)CO)c1ccccc1. The lowest BCUT2D eigenvalue weighted by Gasteiger charge is -2.26. The van der Waals surface area contributed by atoms with E-state index in [1.807, 2.05) is 30.3 Å². The number of aliphatic hydroxyl groups is 1. The third-order valence-electron chi connectivity index (χ3n) is 6.09. The van der Waals surface area contributed by atoms with E-state index in [2.05, 4.69) is 4.98 Å². The second-order valence-corrected chi connectivity index (χ2v) is 10.00. The van der Waals surface area contributed by atoms with Crippen LogP contribution in [-0.4, -0.2) is 43.0 Å². The third kappa shape index (κ3) is 4.41. The summed E-state index contributed by atoms with van der Waals surface area (Å²) in [6, 6.07) is 9.19. The number of aryl methyl sites for hydroxylation is 1. The second-order valence-electron chi connectivity index (χ2n) is 9.00. The lowest BCUT2D eigenvalue weighted by atomic mass is 10.1. The summed E-state index contributed by atoms with van der Waals surface area (Å²) in [7, 11) is 0. The molecule has 3 aromatic heterocycles. The lowest BCUT2D eigenvalue weighted by molar-refractivity contribution is -0.146. The van der Waals surface area contributed by atoms with Crippen LogP contribution in [0.25, 0.3) is 21.0 Å². The van der Waals surface area contributed by atoms with Gasteiger partial charge in [-0.3, -0.25) is 9.36 Å². The summed E-state index contributed by atoms with van der Waals surface area (Å²) >= 11 is 1.17. The molecule has 0 unspecified atom stereocenters. The molecule has 0 aliphatic carbocycles. The number of aliphatic carboxylic acids is 1. The summed E-state index contributed by atoms with van der Waals surface area (Å²) in [5, 5.41) is 19.7. The molecule has 2 atom stereocenters. The number of carbonyl (C=O) groups is 1. The Morgan fingerprint density at radius 1 is 1.25 bits per heavy atom. The minimum Gasteiger partial charge on any atom is -0.480 e. The first kappa shape index (κ1) is 25.5. The number of aromatic nitrogens is 3. The van der Waals surface area contributed by atoms with Crippen molar-refractivity contribution in [3.8, 4) is 10.8 Å². The highest BCUT2D eigenvalue weighted by atomic mass is 32.1. The van der Waals surface area contributed by atoms with Crippen molar-refractivity contribution in [3.63, 3.8) is 0 Å². The molecular weight excluding hydrogens is 486 g/mol. The monoisotopic (exact) mass is 513 g/mol. The minimum absolute atomic E-state index is 0.0232. The molecule has 4 aromatic rings. The van der Waals surface area contributed by atoms with Crippen molar-refractivity contribution in [2.75, 3.05) is 6.61 Å². The topological polar surface area (TPSA) is 137 Å². The molecule has 0 fully saturated rings. The van der Waals surface area contributed by atoms with Gasteiger partial charge in [-0.15, -0.1) is 11.3 Å². The minimum atomic E-state index is -1.82. The van der Waals surface area contributed by atoms with Gasteiger partial charge >= 0.3 is 11.7 Å². The van der Waals surface area contributed by atoms with E-state index in [-0.39, 0.29) is 18.5 Å². The van der Waals surface area contributed by atoms with Crippen molar-refractivity contribution in [2.24, 2.45) is 0 Å². The second kappa shape index (κ2) is 9.84. The van der Waals surface area contributed by atoms with Crippen LogP contribution in [0, 0.1) is 6.92 Å². The smallest absolute Gasteiger partial charge is 0.333 e. The zero-order chi connectivity index (χ0) is 26.2. The van der Waals surface area contributed by atoms with Crippen LogP contribution in [-0.2, 0) is 21.6 Å². The molecule has 36 heavy (non-hydrogen) atoms. The predicted molar refractivity (Wildman–Crippen MR) is 134 cm³/mol. The highest BCUT2D eigenvalue weighted by molar-refractivity contribution is 7.22. The van der Waals surface area contributed by atoms with Crippen LogP contribution in [0.4, 0.5) is 0 Å². The molecule has 4 rings (SSSR count). The molecule has 0 aliphatic rings. The Balaban J connectivity index is 2.03. The summed E-state index contributed by atoms with van der Waals surface area (Å²) < 4.78 is 13.7. The summed E-state index contributed by atoms with van der Waals surface area (Å²) in [6.07, 6.45) is 1.69. The van der Waals surface area contributed by atoms with E-state index in [9.17, 15) is 24.6 Å². The normalized spacial score (nSPS) is 13.7. The van der Waals surface area contributed by atoms with Gasteiger partial charge in [-0.1, -0.05) is 30.3 Å². The average molecular weight is 514 g/mol. The highest BCUT2D eigenvalue weighted by Gasteiger charge is 2.36. The Labute approximate surface area is 210 Å². The molecule has 2 N–H and O–H groups in total. The van der Waals surface area contributed by atoms with Crippen LogP contribution in [0.3, 0.4) is 0 Å². The molecule has 3 heterocycles. The maximum atomic E-state index is 13.8. The van der Waals surface area contributed by atoms with Gasteiger partial charge in [0.2, 0.25) is 5.89 Å². The molecule has 0 saturated heterocycles. The fraction of sp³-hybridized carbons (Fsp3) is 0.360. The van der Waals surface area contributed by atoms with Gasteiger partial charge in [0.1, 0.15) is 22.7 Å². The number of fused-ring (bicyclic) bond motifs is 1. The standard InChI is InChI=1S/C25H27N3O7S/c1-14(13-29)35-17(16-8-6-5-7-9-16)12-27-22-18(15(2)19(36-22)20-26-10-11-34-20)21(30)28(24(27)33)25(3,4)23(31)32/h5-11,14,17,29H,12-13H2,1-4H3,(H,31,32)/t14-,17-/m1/s1. The maximum Gasteiger partial charge on any atom is 0.333 e. The summed E-state index contributed by atoms with van der Waals surface area (Å²) in [6.45, 7) is 5.79. The van der Waals surface area contributed by atoms with Gasteiger partial charge < -0.3 is 19.4 Å². The molecule has 190 valence electrons. The van der Waals surface area contributed by atoms with E-state index >= 15 is 0 Å². The van der Waals surface area contributed by atoms with Crippen molar-refractivity contribution in [1.29, 1.82) is 0 Å². The fourth-order valence-electron chi connectivity index (χ4n) is 4.02. The fourth-order valence-corrected chi connectivity index (χ4v) is 5.26. The Hall–Kier alpha value is -3.54. The van der Waals surface area contributed by atoms with E-state index in [0.29, 0.717) is 21.2 Å².